The summed E-state index contributed by atoms with van der Waals surface area (Å²) in [5.74, 6) is 0.678. The molecule has 1 heterocycles. The molecule has 2 aromatic rings. The Morgan fingerprint density at radius 2 is 1.54 bits per heavy atom. The van der Waals surface area contributed by atoms with Gasteiger partial charge in [0.15, 0.2) is 0 Å². The molecule has 1 saturated heterocycles. The number of piperidine rings is 1. The lowest BCUT2D eigenvalue weighted by Crippen LogP contribution is -2.54. The van der Waals surface area contributed by atoms with Crippen LogP contribution in [0.2, 0.25) is 0 Å². The minimum atomic E-state index is 0.360. The first kappa shape index (κ1) is 17.8. The molecular formula is C24H32N2. The van der Waals surface area contributed by atoms with Crippen LogP contribution in [0.15, 0.2) is 60.7 Å². The van der Waals surface area contributed by atoms with Crippen LogP contribution < -0.4 is 5.73 Å². The first-order chi connectivity index (χ1) is 12.8. The fourth-order valence-corrected chi connectivity index (χ4v) is 5.22. The first-order valence-electron chi connectivity index (χ1n) is 10.4. The average Bonchev–Trinajstić information content (AvgIpc) is 2.70. The summed E-state index contributed by atoms with van der Waals surface area (Å²) in [5.41, 5.74) is 9.37. The predicted octanol–water partition coefficient (Wildman–Crippen LogP) is 4.75. The molecule has 2 aromatic carbocycles. The summed E-state index contributed by atoms with van der Waals surface area (Å²) in [7, 11) is 0. The molecule has 0 spiro atoms. The number of rotatable bonds is 4. The van der Waals surface area contributed by atoms with Gasteiger partial charge in [-0.25, -0.2) is 0 Å². The van der Waals surface area contributed by atoms with Gasteiger partial charge >= 0.3 is 0 Å². The molecule has 4 atom stereocenters. The van der Waals surface area contributed by atoms with E-state index in [9.17, 15) is 0 Å². The number of hydrogen-bond donors (Lipinski definition) is 1. The van der Waals surface area contributed by atoms with Crippen LogP contribution in [0.1, 0.15) is 55.6 Å². The van der Waals surface area contributed by atoms with Crippen molar-refractivity contribution < 1.29 is 0 Å². The molecule has 2 unspecified atom stereocenters. The van der Waals surface area contributed by atoms with E-state index in [0.29, 0.717) is 24.0 Å². The van der Waals surface area contributed by atoms with Crippen LogP contribution in [0.5, 0.6) is 0 Å². The van der Waals surface area contributed by atoms with Gasteiger partial charge in [0, 0.05) is 24.7 Å². The van der Waals surface area contributed by atoms with Gasteiger partial charge in [-0.3, -0.25) is 4.90 Å². The van der Waals surface area contributed by atoms with E-state index in [1.807, 2.05) is 0 Å². The molecule has 0 amide bonds. The summed E-state index contributed by atoms with van der Waals surface area (Å²) < 4.78 is 0. The maximum Gasteiger partial charge on any atom is 0.0167 e. The molecular weight excluding hydrogens is 316 g/mol. The Balaban J connectivity index is 1.57. The van der Waals surface area contributed by atoms with Gasteiger partial charge in [0.2, 0.25) is 0 Å². The zero-order valence-electron chi connectivity index (χ0n) is 15.8. The predicted molar refractivity (Wildman–Crippen MR) is 109 cm³/mol. The molecule has 1 saturated carbocycles. The van der Waals surface area contributed by atoms with Crippen LogP contribution in [-0.2, 0) is 6.42 Å². The third-order valence-electron chi connectivity index (χ3n) is 6.50. The Bertz CT molecular complexity index is 669. The van der Waals surface area contributed by atoms with Crippen molar-refractivity contribution >= 4 is 0 Å². The molecule has 0 bridgehead atoms. The molecule has 0 radical (unpaired) electrons. The SMILES string of the molecule is NC1CCN([C@@H]2CCCC[C@@H]2c2ccccc2)C(Cc2ccccc2)C1. The number of nitrogens with zero attached hydrogens (tertiary/aromatic N) is 1. The number of likely N-dealkylation sites (tertiary alicyclic amines) is 1. The van der Waals surface area contributed by atoms with Gasteiger partial charge in [0.05, 0.1) is 0 Å². The fraction of sp³-hybridized carbons (Fsp3) is 0.500. The lowest BCUT2D eigenvalue weighted by Gasteiger charge is -2.48. The molecule has 2 fully saturated rings. The van der Waals surface area contributed by atoms with Gasteiger partial charge in [-0.1, -0.05) is 73.5 Å². The highest BCUT2D eigenvalue weighted by Crippen LogP contribution is 2.39. The summed E-state index contributed by atoms with van der Waals surface area (Å²) in [6.45, 7) is 1.16. The van der Waals surface area contributed by atoms with Crippen molar-refractivity contribution in [2.24, 2.45) is 5.73 Å². The Hall–Kier alpha value is -1.64. The van der Waals surface area contributed by atoms with Crippen molar-refractivity contribution in [3.05, 3.63) is 71.8 Å². The number of hydrogen-bond acceptors (Lipinski definition) is 2. The maximum absolute atomic E-state index is 6.39. The Kier molecular flexibility index (Phi) is 5.72. The number of nitrogens with two attached hydrogens (primary N) is 1. The lowest BCUT2D eigenvalue weighted by molar-refractivity contribution is 0.0528. The summed E-state index contributed by atoms with van der Waals surface area (Å²) in [6.07, 6.45) is 8.81. The summed E-state index contributed by atoms with van der Waals surface area (Å²) >= 11 is 0. The van der Waals surface area contributed by atoms with E-state index in [-0.39, 0.29) is 0 Å². The maximum atomic E-state index is 6.39. The van der Waals surface area contributed by atoms with Crippen molar-refractivity contribution in [1.82, 2.24) is 4.90 Å². The van der Waals surface area contributed by atoms with Crippen LogP contribution in [-0.4, -0.2) is 29.6 Å². The first-order valence-corrected chi connectivity index (χ1v) is 10.4. The molecule has 26 heavy (non-hydrogen) atoms. The molecule has 138 valence electrons. The average molecular weight is 349 g/mol. The van der Waals surface area contributed by atoms with E-state index in [4.69, 9.17) is 5.73 Å². The van der Waals surface area contributed by atoms with Gasteiger partial charge in [-0.05, 0) is 49.1 Å². The Morgan fingerprint density at radius 1 is 0.846 bits per heavy atom. The monoisotopic (exact) mass is 348 g/mol. The van der Waals surface area contributed by atoms with Gasteiger partial charge in [0.1, 0.15) is 0 Å². The highest BCUT2D eigenvalue weighted by Gasteiger charge is 2.37. The van der Waals surface area contributed by atoms with E-state index < -0.39 is 0 Å². The molecule has 2 N–H and O–H groups in total. The van der Waals surface area contributed by atoms with E-state index >= 15 is 0 Å². The van der Waals surface area contributed by atoms with E-state index in [1.165, 1.54) is 36.8 Å². The van der Waals surface area contributed by atoms with Crippen molar-refractivity contribution in [2.75, 3.05) is 6.54 Å². The van der Waals surface area contributed by atoms with Crippen LogP contribution in [0.3, 0.4) is 0 Å². The van der Waals surface area contributed by atoms with Crippen molar-refractivity contribution in [3.63, 3.8) is 0 Å². The Labute approximate surface area is 158 Å². The summed E-state index contributed by atoms with van der Waals surface area (Å²) in [6, 6.07) is 23.8. The van der Waals surface area contributed by atoms with Crippen LogP contribution in [0.4, 0.5) is 0 Å². The topological polar surface area (TPSA) is 29.3 Å². The van der Waals surface area contributed by atoms with Gasteiger partial charge in [0.25, 0.3) is 0 Å². The highest BCUT2D eigenvalue weighted by molar-refractivity contribution is 5.23. The summed E-state index contributed by atoms with van der Waals surface area (Å²) in [4.78, 5) is 2.84. The highest BCUT2D eigenvalue weighted by atomic mass is 15.2. The molecule has 2 nitrogen and oxygen atoms in total. The van der Waals surface area contributed by atoms with E-state index in [2.05, 4.69) is 65.6 Å². The standard InChI is InChI=1S/C24H32N2/c25-21-15-16-26(22(18-21)17-19-9-3-1-4-10-19)24-14-8-7-13-23(24)20-11-5-2-6-12-20/h1-6,9-12,21-24H,7-8,13-18,25H2/t21?,22?,23-,24-/m1/s1. The lowest BCUT2D eigenvalue weighted by atomic mass is 9.77. The second-order valence-electron chi connectivity index (χ2n) is 8.23. The van der Waals surface area contributed by atoms with Gasteiger partial charge < -0.3 is 5.73 Å². The molecule has 2 aliphatic rings. The molecule has 1 aliphatic heterocycles. The van der Waals surface area contributed by atoms with Crippen molar-refractivity contribution in [1.29, 1.82) is 0 Å². The van der Waals surface area contributed by atoms with Crippen LogP contribution >= 0.6 is 0 Å². The Morgan fingerprint density at radius 3 is 2.31 bits per heavy atom. The quantitative estimate of drug-likeness (QED) is 0.864. The summed E-state index contributed by atoms with van der Waals surface area (Å²) in [5, 5.41) is 0. The molecule has 2 heteroatoms. The zero-order valence-corrected chi connectivity index (χ0v) is 15.8. The zero-order chi connectivity index (χ0) is 17.8. The van der Waals surface area contributed by atoms with Crippen molar-refractivity contribution in [2.45, 2.75) is 69.0 Å². The normalized spacial score (nSPS) is 30.2. The van der Waals surface area contributed by atoms with Crippen LogP contribution in [0, 0.1) is 0 Å². The third kappa shape index (κ3) is 4.02. The van der Waals surface area contributed by atoms with Crippen LogP contribution in [0.25, 0.3) is 0 Å². The minimum Gasteiger partial charge on any atom is -0.328 e. The van der Waals surface area contributed by atoms with Crippen molar-refractivity contribution in [3.8, 4) is 0 Å². The van der Waals surface area contributed by atoms with E-state index in [0.717, 1.165) is 25.8 Å². The fourth-order valence-electron chi connectivity index (χ4n) is 5.22. The molecule has 1 aliphatic carbocycles. The third-order valence-corrected chi connectivity index (χ3v) is 6.50. The minimum absolute atomic E-state index is 0.360. The van der Waals surface area contributed by atoms with Gasteiger partial charge in [-0.15, -0.1) is 0 Å². The second kappa shape index (κ2) is 8.37. The van der Waals surface area contributed by atoms with E-state index in [1.54, 1.807) is 0 Å². The van der Waals surface area contributed by atoms with Gasteiger partial charge in [-0.2, -0.15) is 0 Å². The molecule has 0 aromatic heterocycles. The second-order valence-corrected chi connectivity index (χ2v) is 8.23. The molecule has 4 rings (SSSR count). The smallest absolute Gasteiger partial charge is 0.0167 e. The largest absolute Gasteiger partial charge is 0.328 e. The number of benzene rings is 2.